The molecule has 0 saturated heterocycles. The number of amides is 1. The van der Waals surface area contributed by atoms with Crippen LogP contribution >= 0.6 is 0 Å². The third kappa shape index (κ3) is 7.18. The Balaban J connectivity index is 1.63. The number of aromatic nitrogens is 1. The number of aliphatic hydroxyl groups is 2. The average molecular weight is 613 g/mol. The van der Waals surface area contributed by atoms with E-state index >= 15 is 0 Å². The van der Waals surface area contributed by atoms with Gasteiger partial charge in [0.05, 0.1) is 25.7 Å². The highest BCUT2D eigenvalue weighted by atomic mass is 19.1. The van der Waals surface area contributed by atoms with Crippen LogP contribution in [-0.4, -0.2) is 57.4 Å². The second-order valence-electron chi connectivity index (χ2n) is 12.0. The lowest BCUT2D eigenvalue weighted by Crippen LogP contribution is -2.37. The first kappa shape index (κ1) is 32.1. The molecule has 2 heterocycles. The van der Waals surface area contributed by atoms with Crippen LogP contribution in [-0.2, 0) is 28.9 Å². The predicted molar refractivity (Wildman–Crippen MR) is 172 cm³/mol. The van der Waals surface area contributed by atoms with E-state index in [1.165, 1.54) is 24.8 Å². The van der Waals surface area contributed by atoms with Crippen molar-refractivity contribution < 1.29 is 28.9 Å². The summed E-state index contributed by atoms with van der Waals surface area (Å²) in [5.74, 6) is -0.984. The molecule has 1 aliphatic rings. The fourth-order valence-electron chi connectivity index (χ4n) is 6.39. The molecule has 7 nitrogen and oxygen atoms in total. The van der Waals surface area contributed by atoms with Gasteiger partial charge in [-0.25, -0.2) is 4.39 Å². The lowest BCUT2D eigenvalue weighted by molar-refractivity contribution is -0.143. The Morgan fingerprint density at radius 1 is 0.867 bits per heavy atom. The van der Waals surface area contributed by atoms with Crippen LogP contribution in [0.15, 0.2) is 78.9 Å². The average Bonchev–Trinajstić information content (AvgIpc) is 3.39. The SMILES string of the molecule is COC(=O)C[C@H](O)C[C@H](O)CCc1c(-c2ccc(F)cc2)c(-c2ccccc2)c(C(=O)N2CCc3ccccc3C2)n1C(C)C. The van der Waals surface area contributed by atoms with E-state index in [1.807, 2.05) is 61.2 Å². The lowest BCUT2D eigenvalue weighted by Gasteiger charge is -2.30. The van der Waals surface area contributed by atoms with Gasteiger partial charge in [-0.1, -0.05) is 66.7 Å². The molecule has 1 aliphatic heterocycles. The maximum atomic E-state index is 14.7. The van der Waals surface area contributed by atoms with Crippen molar-refractivity contribution in [2.24, 2.45) is 0 Å². The van der Waals surface area contributed by atoms with E-state index in [9.17, 15) is 24.2 Å². The van der Waals surface area contributed by atoms with Crippen molar-refractivity contribution in [2.45, 2.75) is 70.7 Å². The minimum absolute atomic E-state index is 0.00782. The molecular formula is C37H41FN2O5. The molecule has 0 fully saturated rings. The van der Waals surface area contributed by atoms with E-state index in [2.05, 4.69) is 21.4 Å². The van der Waals surface area contributed by atoms with Crippen molar-refractivity contribution >= 4 is 11.9 Å². The summed E-state index contributed by atoms with van der Waals surface area (Å²) in [6.45, 7) is 5.16. The van der Waals surface area contributed by atoms with Gasteiger partial charge in [0.15, 0.2) is 0 Å². The third-order valence-corrected chi connectivity index (χ3v) is 8.53. The Hall–Kier alpha value is -4.27. The number of halogens is 1. The molecule has 0 unspecified atom stereocenters. The molecule has 0 radical (unpaired) electrons. The molecule has 1 amide bonds. The molecule has 0 spiro atoms. The summed E-state index contributed by atoms with van der Waals surface area (Å²) in [5.41, 5.74) is 7.01. The van der Waals surface area contributed by atoms with Crippen LogP contribution in [0.2, 0.25) is 0 Å². The summed E-state index contributed by atoms with van der Waals surface area (Å²) in [5, 5.41) is 21.3. The van der Waals surface area contributed by atoms with Gasteiger partial charge in [0, 0.05) is 36.0 Å². The van der Waals surface area contributed by atoms with Gasteiger partial charge >= 0.3 is 5.97 Å². The molecule has 0 saturated carbocycles. The summed E-state index contributed by atoms with van der Waals surface area (Å²) < 4.78 is 20.9. The number of carbonyl (C=O) groups excluding carboxylic acids is 2. The first-order valence-electron chi connectivity index (χ1n) is 15.5. The van der Waals surface area contributed by atoms with Crippen molar-refractivity contribution in [1.82, 2.24) is 9.47 Å². The Bertz CT molecular complexity index is 1630. The maximum absolute atomic E-state index is 14.7. The molecule has 2 atom stereocenters. The molecule has 5 rings (SSSR count). The van der Waals surface area contributed by atoms with Crippen molar-refractivity contribution in [3.05, 3.63) is 107 Å². The highest BCUT2D eigenvalue weighted by molar-refractivity contribution is 6.05. The minimum Gasteiger partial charge on any atom is -0.469 e. The van der Waals surface area contributed by atoms with Crippen molar-refractivity contribution in [3.63, 3.8) is 0 Å². The molecule has 3 aromatic carbocycles. The molecule has 45 heavy (non-hydrogen) atoms. The van der Waals surface area contributed by atoms with Gasteiger partial charge in [-0.05, 0) is 73.9 Å². The van der Waals surface area contributed by atoms with Gasteiger partial charge in [-0.15, -0.1) is 0 Å². The number of ether oxygens (including phenoxy) is 1. The van der Waals surface area contributed by atoms with Crippen LogP contribution in [0.1, 0.15) is 66.5 Å². The van der Waals surface area contributed by atoms with Gasteiger partial charge in [-0.3, -0.25) is 9.59 Å². The van der Waals surface area contributed by atoms with Crippen LogP contribution in [0.5, 0.6) is 0 Å². The summed E-state index contributed by atoms with van der Waals surface area (Å²) in [4.78, 5) is 28.3. The van der Waals surface area contributed by atoms with Crippen LogP contribution in [0.4, 0.5) is 4.39 Å². The van der Waals surface area contributed by atoms with Crippen LogP contribution in [0.25, 0.3) is 22.3 Å². The first-order chi connectivity index (χ1) is 21.7. The number of hydrogen-bond acceptors (Lipinski definition) is 5. The molecule has 236 valence electrons. The quantitative estimate of drug-likeness (QED) is 0.193. The number of aliphatic hydroxyl groups excluding tert-OH is 2. The van der Waals surface area contributed by atoms with Crippen molar-refractivity contribution in [2.75, 3.05) is 13.7 Å². The Morgan fingerprint density at radius 2 is 1.51 bits per heavy atom. The van der Waals surface area contributed by atoms with E-state index in [-0.39, 0.29) is 37.0 Å². The number of carbonyl (C=O) groups is 2. The van der Waals surface area contributed by atoms with Gasteiger partial charge in [0.1, 0.15) is 11.5 Å². The number of methoxy groups -OCH3 is 1. The molecule has 4 aromatic rings. The first-order valence-corrected chi connectivity index (χ1v) is 15.5. The molecule has 0 bridgehead atoms. The van der Waals surface area contributed by atoms with Crippen molar-refractivity contribution in [1.29, 1.82) is 0 Å². The molecule has 8 heteroatoms. The number of esters is 1. The van der Waals surface area contributed by atoms with Gasteiger partial charge < -0.3 is 24.4 Å². The monoisotopic (exact) mass is 612 g/mol. The Labute approximate surface area is 263 Å². The second-order valence-corrected chi connectivity index (χ2v) is 12.0. The second kappa shape index (κ2) is 14.2. The molecular weight excluding hydrogens is 571 g/mol. The zero-order valence-corrected chi connectivity index (χ0v) is 26.1. The largest absolute Gasteiger partial charge is 0.469 e. The fraction of sp³-hybridized carbons (Fsp3) is 0.351. The van der Waals surface area contributed by atoms with E-state index in [0.717, 1.165) is 39.9 Å². The smallest absolute Gasteiger partial charge is 0.308 e. The normalized spacial score (nSPS) is 14.2. The number of fused-ring (bicyclic) bond motifs is 1. The number of rotatable bonds is 11. The maximum Gasteiger partial charge on any atom is 0.308 e. The highest BCUT2D eigenvalue weighted by Crippen LogP contribution is 2.43. The van der Waals surface area contributed by atoms with E-state index < -0.39 is 18.2 Å². The summed E-state index contributed by atoms with van der Waals surface area (Å²) in [6, 6.07) is 24.2. The molecule has 1 aromatic heterocycles. The summed E-state index contributed by atoms with van der Waals surface area (Å²) in [7, 11) is 1.26. The number of hydrogen-bond donors (Lipinski definition) is 2. The zero-order chi connectivity index (χ0) is 32.1. The summed E-state index contributed by atoms with van der Waals surface area (Å²) >= 11 is 0. The number of nitrogens with zero attached hydrogens (tertiary/aromatic N) is 2. The fourth-order valence-corrected chi connectivity index (χ4v) is 6.39. The van der Waals surface area contributed by atoms with Gasteiger partial charge in [0.2, 0.25) is 0 Å². The standard InChI is InChI=1S/C37H41FN2O5/c1-24(2)40-32(18-17-30(41)21-31(42)22-33(43)45-3)34(27-13-15-29(38)16-14-27)35(26-10-5-4-6-11-26)36(40)37(44)39-20-19-25-9-7-8-12-28(25)23-39/h4-16,24,30-31,41-42H,17-23H2,1-3H3/t30-,31-/m1/s1. The van der Waals surface area contributed by atoms with Crippen LogP contribution in [0.3, 0.4) is 0 Å². The van der Waals surface area contributed by atoms with Crippen LogP contribution < -0.4 is 0 Å². The van der Waals surface area contributed by atoms with Crippen molar-refractivity contribution in [3.8, 4) is 22.3 Å². The van der Waals surface area contributed by atoms with Crippen LogP contribution in [0, 0.1) is 5.82 Å². The Morgan fingerprint density at radius 3 is 2.18 bits per heavy atom. The lowest BCUT2D eigenvalue weighted by atomic mass is 9.92. The van der Waals surface area contributed by atoms with Gasteiger partial charge in [0.25, 0.3) is 5.91 Å². The van der Waals surface area contributed by atoms with Gasteiger partial charge in [-0.2, -0.15) is 0 Å². The highest BCUT2D eigenvalue weighted by Gasteiger charge is 2.33. The third-order valence-electron chi connectivity index (χ3n) is 8.53. The summed E-state index contributed by atoms with van der Waals surface area (Å²) in [6.07, 6.45) is -0.711. The van der Waals surface area contributed by atoms with E-state index in [1.54, 1.807) is 12.1 Å². The minimum atomic E-state index is -1.04. The van der Waals surface area contributed by atoms with E-state index in [4.69, 9.17) is 0 Å². The zero-order valence-electron chi connectivity index (χ0n) is 26.1. The number of benzene rings is 3. The van der Waals surface area contributed by atoms with E-state index in [0.29, 0.717) is 25.2 Å². The molecule has 0 aliphatic carbocycles. The molecule has 2 N–H and O–H groups in total. The topological polar surface area (TPSA) is 92.0 Å². The Kier molecular flexibility index (Phi) is 10.2. The predicted octanol–water partition coefficient (Wildman–Crippen LogP) is 6.35.